The Bertz CT molecular complexity index is 1340. The van der Waals surface area contributed by atoms with Crippen molar-refractivity contribution >= 4 is 37.7 Å². The number of primary sulfonamides is 1. The third-order valence-electron chi connectivity index (χ3n) is 4.60. The summed E-state index contributed by atoms with van der Waals surface area (Å²) in [6.07, 6.45) is 1.99. The highest BCUT2D eigenvalue weighted by molar-refractivity contribution is 7.95. The lowest BCUT2D eigenvalue weighted by molar-refractivity contribution is 0.0954. The van der Waals surface area contributed by atoms with Gasteiger partial charge in [0.05, 0.1) is 10.3 Å². The molecule has 0 radical (unpaired) electrons. The van der Waals surface area contributed by atoms with Gasteiger partial charge in [0.1, 0.15) is 0 Å². The van der Waals surface area contributed by atoms with Gasteiger partial charge in [0.25, 0.3) is 15.9 Å². The molecule has 0 heterocycles. The first-order valence-corrected chi connectivity index (χ1v) is 13.0. The normalized spacial score (nSPS) is 11.9. The van der Waals surface area contributed by atoms with Gasteiger partial charge in [-0.3, -0.25) is 9.52 Å². The molecular weight excluding hydrogens is 462 g/mol. The number of nitrogens with one attached hydrogen (secondary N) is 2. The van der Waals surface area contributed by atoms with E-state index in [1.54, 1.807) is 24.3 Å². The lowest BCUT2D eigenvalue weighted by Gasteiger charge is -2.08. The Balaban J connectivity index is 1.52. The molecule has 8 nitrogen and oxygen atoms in total. The molecule has 0 aliphatic rings. The highest BCUT2D eigenvalue weighted by Gasteiger charge is 2.09. The molecule has 0 bridgehead atoms. The molecule has 0 fully saturated rings. The lowest BCUT2D eigenvalue weighted by atomic mass is 10.1. The summed E-state index contributed by atoms with van der Waals surface area (Å²) in [5.41, 5.74) is 2.31. The first kappa shape index (κ1) is 24.2. The van der Waals surface area contributed by atoms with Gasteiger partial charge in [0.15, 0.2) is 0 Å². The average molecular weight is 486 g/mol. The van der Waals surface area contributed by atoms with Crippen LogP contribution in [0.1, 0.15) is 21.5 Å². The monoisotopic (exact) mass is 485 g/mol. The summed E-state index contributed by atoms with van der Waals surface area (Å²) in [4.78, 5) is 12.3. The quantitative estimate of drug-likeness (QED) is 0.428. The van der Waals surface area contributed by atoms with Crippen LogP contribution >= 0.6 is 0 Å². The van der Waals surface area contributed by atoms with Crippen LogP contribution in [0, 0.1) is 0 Å². The zero-order valence-corrected chi connectivity index (χ0v) is 19.1. The van der Waals surface area contributed by atoms with Crippen molar-refractivity contribution < 1.29 is 21.6 Å². The number of carbonyl (C=O) groups excluding carboxylic acids is 1. The molecule has 3 rings (SSSR count). The largest absolute Gasteiger partial charge is 0.352 e. The number of hydrogen-bond donors (Lipinski definition) is 3. The third kappa shape index (κ3) is 7.56. The highest BCUT2D eigenvalue weighted by atomic mass is 32.2. The summed E-state index contributed by atoms with van der Waals surface area (Å²) >= 11 is 0. The van der Waals surface area contributed by atoms with Crippen LogP contribution in [0.25, 0.3) is 6.08 Å². The maximum absolute atomic E-state index is 12.3. The number of sulfonamides is 2. The summed E-state index contributed by atoms with van der Waals surface area (Å²) in [7, 11) is -7.44. The van der Waals surface area contributed by atoms with Gasteiger partial charge in [-0.1, -0.05) is 42.5 Å². The van der Waals surface area contributed by atoms with Gasteiger partial charge in [-0.2, -0.15) is 0 Å². The van der Waals surface area contributed by atoms with Crippen LogP contribution in [0.3, 0.4) is 0 Å². The van der Waals surface area contributed by atoms with Gasteiger partial charge in [0.2, 0.25) is 10.0 Å². The first-order valence-electron chi connectivity index (χ1n) is 9.88. The molecule has 4 N–H and O–H groups in total. The molecule has 0 aliphatic heterocycles. The predicted molar refractivity (Wildman–Crippen MR) is 128 cm³/mol. The number of anilines is 1. The van der Waals surface area contributed by atoms with E-state index in [9.17, 15) is 21.6 Å². The maximum Gasteiger partial charge on any atom is 0.255 e. The Morgan fingerprint density at radius 2 is 1.48 bits per heavy atom. The Morgan fingerprint density at radius 3 is 2.09 bits per heavy atom. The molecule has 0 aliphatic carbocycles. The minimum absolute atomic E-state index is 0.0292. The Morgan fingerprint density at radius 1 is 0.848 bits per heavy atom. The molecule has 0 atom stereocenters. The van der Waals surface area contributed by atoms with E-state index in [4.69, 9.17) is 5.14 Å². The summed E-state index contributed by atoms with van der Waals surface area (Å²) in [5, 5.41) is 8.92. The van der Waals surface area contributed by atoms with Crippen molar-refractivity contribution in [3.8, 4) is 0 Å². The van der Waals surface area contributed by atoms with Crippen molar-refractivity contribution in [2.45, 2.75) is 11.3 Å². The maximum atomic E-state index is 12.3. The summed E-state index contributed by atoms with van der Waals surface area (Å²) in [5.74, 6) is -0.311. The van der Waals surface area contributed by atoms with E-state index >= 15 is 0 Å². The van der Waals surface area contributed by atoms with E-state index in [1.165, 1.54) is 42.5 Å². The average Bonchev–Trinajstić information content (AvgIpc) is 2.78. The van der Waals surface area contributed by atoms with Crippen LogP contribution in [-0.4, -0.2) is 29.3 Å². The number of benzene rings is 3. The van der Waals surface area contributed by atoms with E-state index in [1.807, 2.05) is 18.2 Å². The molecule has 33 heavy (non-hydrogen) atoms. The standard InChI is InChI=1S/C23H23N3O5S2/c24-33(30,31)22-12-6-19(7-13-22)14-16-25-23(27)20-8-10-21(11-9-20)26-32(28,29)17-15-18-4-2-1-3-5-18/h1-13,15,17,26H,14,16H2,(H,25,27)(H2,24,30,31)/b17-15-. The van der Waals surface area contributed by atoms with Crippen molar-refractivity contribution in [1.82, 2.24) is 5.32 Å². The Kier molecular flexibility index (Phi) is 7.64. The van der Waals surface area contributed by atoms with E-state index < -0.39 is 20.0 Å². The molecule has 0 saturated heterocycles. The zero-order chi connectivity index (χ0) is 23.9. The molecule has 1 amide bonds. The van der Waals surface area contributed by atoms with Gasteiger partial charge in [-0.05, 0) is 60.0 Å². The van der Waals surface area contributed by atoms with Crippen molar-refractivity contribution in [3.05, 3.63) is 101 Å². The second-order valence-corrected chi connectivity index (χ2v) is 10.3. The van der Waals surface area contributed by atoms with E-state index in [-0.39, 0.29) is 10.8 Å². The molecule has 0 saturated carbocycles. The molecular formula is C23H23N3O5S2. The van der Waals surface area contributed by atoms with Gasteiger partial charge in [0, 0.05) is 17.8 Å². The lowest BCUT2D eigenvalue weighted by Crippen LogP contribution is -2.25. The molecule has 10 heteroatoms. The smallest absolute Gasteiger partial charge is 0.255 e. The van der Waals surface area contributed by atoms with E-state index in [0.717, 1.165) is 16.5 Å². The Labute approximate surface area is 193 Å². The van der Waals surface area contributed by atoms with Gasteiger partial charge in [-0.25, -0.2) is 22.0 Å². The summed E-state index contributed by atoms with van der Waals surface area (Å²) < 4.78 is 49.4. The second kappa shape index (κ2) is 10.4. The molecule has 0 spiro atoms. The number of rotatable bonds is 9. The van der Waals surface area contributed by atoms with Crippen LogP contribution < -0.4 is 15.2 Å². The fraction of sp³-hybridized carbons (Fsp3) is 0.0870. The number of carbonyl (C=O) groups is 1. The topological polar surface area (TPSA) is 135 Å². The minimum atomic E-state index is -3.74. The number of hydrogen-bond acceptors (Lipinski definition) is 5. The fourth-order valence-corrected chi connectivity index (χ4v) is 4.27. The molecule has 172 valence electrons. The van der Waals surface area contributed by atoms with Crippen LogP contribution in [0.4, 0.5) is 5.69 Å². The second-order valence-electron chi connectivity index (χ2n) is 7.13. The van der Waals surface area contributed by atoms with E-state index in [2.05, 4.69) is 10.0 Å². The molecule has 3 aromatic carbocycles. The summed E-state index contributed by atoms with van der Waals surface area (Å²) in [6.45, 7) is 0.340. The number of nitrogens with two attached hydrogens (primary N) is 1. The fourth-order valence-electron chi connectivity index (χ4n) is 2.89. The Hall–Kier alpha value is -3.47. The van der Waals surface area contributed by atoms with Gasteiger partial charge >= 0.3 is 0 Å². The van der Waals surface area contributed by atoms with Crippen LogP contribution in [0.5, 0.6) is 0 Å². The summed E-state index contributed by atoms with van der Waals surface area (Å²) in [6, 6.07) is 21.2. The minimum Gasteiger partial charge on any atom is -0.352 e. The molecule has 0 unspecified atom stereocenters. The van der Waals surface area contributed by atoms with Crippen molar-refractivity contribution in [1.29, 1.82) is 0 Å². The number of amides is 1. The molecule has 3 aromatic rings. The van der Waals surface area contributed by atoms with Crippen LogP contribution in [0.15, 0.2) is 89.2 Å². The van der Waals surface area contributed by atoms with Crippen LogP contribution in [0.2, 0.25) is 0 Å². The van der Waals surface area contributed by atoms with Crippen LogP contribution in [-0.2, 0) is 26.5 Å². The van der Waals surface area contributed by atoms with Crippen molar-refractivity contribution in [2.24, 2.45) is 5.14 Å². The van der Waals surface area contributed by atoms with Crippen molar-refractivity contribution in [2.75, 3.05) is 11.3 Å². The third-order valence-corrected chi connectivity index (χ3v) is 6.54. The zero-order valence-electron chi connectivity index (χ0n) is 17.5. The van der Waals surface area contributed by atoms with Gasteiger partial charge in [-0.15, -0.1) is 0 Å². The van der Waals surface area contributed by atoms with E-state index in [0.29, 0.717) is 24.2 Å². The van der Waals surface area contributed by atoms with Crippen molar-refractivity contribution in [3.63, 3.8) is 0 Å². The first-order chi connectivity index (χ1) is 15.6. The SMILES string of the molecule is NS(=O)(=O)c1ccc(CCNC(=O)c2ccc(NS(=O)(=O)/C=C\c3ccccc3)cc2)cc1. The highest BCUT2D eigenvalue weighted by Crippen LogP contribution is 2.13. The predicted octanol–water partition coefficient (Wildman–Crippen LogP) is 2.72. The molecule has 0 aromatic heterocycles. The van der Waals surface area contributed by atoms with Gasteiger partial charge < -0.3 is 5.32 Å².